The average molecular weight is 506 g/mol. The maximum Gasteiger partial charge on any atom is 0.119 e. The Balaban J connectivity index is 0.000000665. The molecular formula is C27H55NO4Ti. The SMILES string of the molecule is CC(C)O.CC(C)O.CC(C)O.CC(O)(NC1CCCCC1)C12CC3CC(CC(C3)C1)C2.[Ti]. The Morgan fingerprint density at radius 2 is 1.00 bits per heavy atom. The van der Waals surface area contributed by atoms with Crippen LogP contribution in [0.1, 0.15) is 119 Å². The molecule has 0 aromatic carbocycles. The molecule has 5 aliphatic carbocycles. The third-order valence-corrected chi connectivity index (χ3v) is 7.16. The van der Waals surface area contributed by atoms with Gasteiger partial charge in [-0.3, -0.25) is 5.32 Å². The van der Waals surface area contributed by atoms with Crippen molar-refractivity contribution in [1.82, 2.24) is 5.32 Å². The molecular weight excluding hydrogens is 450 g/mol. The molecule has 1 atom stereocenters. The first-order valence-electron chi connectivity index (χ1n) is 13.3. The van der Waals surface area contributed by atoms with E-state index in [4.69, 9.17) is 15.3 Å². The van der Waals surface area contributed by atoms with Crippen molar-refractivity contribution in [3.63, 3.8) is 0 Å². The van der Waals surface area contributed by atoms with Crippen LogP contribution in [0.5, 0.6) is 0 Å². The van der Waals surface area contributed by atoms with Gasteiger partial charge in [-0.15, -0.1) is 0 Å². The number of hydrogen-bond donors (Lipinski definition) is 5. The van der Waals surface area contributed by atoms with Crippen LogP contribution in [0.2, 0.25) is 0 Å². The third kappa shape index (κ3) is 12.3. The van der Waals surface area contributed by atoms with Crippen molar-refractivity contribution < 1.29 is 42.1 Å². The fourth-order valence-corrected chi connectivity index (χ4v) is 6.50. The molecule has 5 saturated carbocycles. The van der Waals surface area contributed by atoms with Crippen LogP contribution >= 0.6 is 0 Å². The number of hydrogen-bond acceptors (Lipinski definition) is 5. The van der Waals surface area contributed by atoms with Gasteiger partial charge in [0.1, 0.15) is 5.72 Å². The summed E-state index contributed by atoms with van der Waals surface area (Å²) in [6, 6.07) is 0.562. The molecule has 0 spiro atoms. The molecule has 6 heteroatoms. The molecule has 0 radical (unpaired) electrons. The first kappa shape index (κ1) is 33.5. The molecule has 0 aromatic heterocycles. The standard InChI is InChI=1S/C18H31NO.3C3H8O.Ti/c1-17(20,19-16-5-3-2-4-6-16)18-10-13-7-14(11-18)9-15(8-13)12-18;3*1-3(2)4;/h13-16,19-20H,2-12H2,1H3;3*3-4H,1-2H3;. The molecule has 33 heavy (non-hydrogen) atoms. The minimum atomic E-state index is -0.634. The van der Waals surface area contributed by atoms with Crippen LogP contribution in [-0.2, 0) is 21.7 Å². The number of rotatable bonds is 3. The van der Waals surface area contributed by atoms with Gasteiger partial charge in [-0.2, -0.15) is 0 Å². The van der Waals surface area contributed by atoms with Crippen LogP contribution < -0.4 is 5.32 Å². The molecule has 0 aliphatic heterocycles. The van der Waals surface area contributed by atoms with Crippen molar-refractivity contribution in [3.8, 4) is 0 Å². The first-order chi connectivity index (χ1) is 14.8. The smallest absolute Gasteiger partial charge is 0.119 e. The largest absolute Gasteiger partial charge is 0.394 e. The number of aliphatic hydroxyl groups excluding tert-OH is 3. The van der Waals surface area contributed by atoms with E-state index in [-0.39, 0.29) is 45.4 Å². The second-order valence-electron chi connectivity index (χ2n) is 12.0. The zero-order valence-electron chi connectivity index (χ0n) is 22.6. The van der Waals surface area contributed by atoms with Gasteiger partial charge in [0, 0.05) is 51.5 Å². The van der Waals surface area contributed by atoms with E-state index in [9.17, 15) is 5.11 Å². The van der Waals surface area contributed by atoms with Crippen LogP contribution in [0.25, 0.3) is 0 Å². The molecule has 5 rings (SSSR count). The molecule has 5 nitrogen and oxygen atoms in total. The molecule has 0 heterocycles. The normalized spacial score (nSPS) is 32.0. The average Bonchev–Trinajstić information content (AvgIpc) is 2.59. The maximum atomic E-state index is 11.3. The van der Waals surface area contributed by atoms with Crippen LogP contribution in [0.3, 0.4) is 0 Å². The van der Waals surface area contributed by atoms with E-state index in [2.05, 4.69) is 12.2 Å². The van der Waals surface area contributed by atoms with Crippen molar-refractivity contribution in [1.29, 1.82) is 0 Å². The van der Waals surface area contributed by atoms with Crippen LogP contribution in [-0.4, -0.2) is 50.5 Å². The minimum absolute atomic E-state index is 0. The summed E-state index contributed by atoms with van der Waals surface area (Å²) < 4.78 is 0. The van der Waals surface area contributed by atoms with Gasteiger partial charge in [-0.1, -0.05) is 19.3 Å². The Kier molecular flexibility index (Phi) is 15.8. The van der Waals surface area contributed by atoms with E-state index in [1.165, 1.54) is 70.6 Å². The third-order valence-electron chi connectivity index (χ3n) is 7.16. The Morgan fingerprint density at radius 1 is 0.697 bits per heavy atom. The second-order valence-corrected chi connectivity index (χ2v) is 12.0. The van der Waals surface area contributed by atoms with Crippen molar-refractivity contribution in [2.45, 2.75) is 149 Å². The van der Waals surface area contributed by atoms with Gasteiger partial charge in [-0.05, 0) is 118 Å². The van der Waals surface area contributed by atoms with E-state index in [1.54, 1.807) is 41.5 Å². The van der Waals surface area contributed by atoms with E-state index < -0.39 is 5.72 Å². The van der Waals surface area contributed by atoms with Crippen molar-refractivity contribution in [2.24, 2.45) is 23.2 Å². The van der Waals surface area contributed by atoms with Crippen molar-refractivity contribution in [3.05, 3.63) is 0 Å². The molecule has 0 aromatic rings. The number of nitrogens with one attached hydrogen (secondary N) is 1. The summed E-state index contributed by atoms with van der Waals surface area (Å²) in [5, 5.41) is 39.2. The molecule has 5 N–H and O–H groups in total. The Labute approximate surface area is 219 Å². The van der Waals surface area contributed by atoms with E-state index in [1.807, 2.05) is 0 Å². The molecule has 0 saturated heterocycles. The van der Waals surface area contributed by atoms with Gasteiger partial charge in [0.05, 0.1) is 0 Å². The fraction of sp³-hybridized carbons (Fsp3) is 1.00. The van der Waals surface area contributed by atoms with E-state index in [0.717, 1.165) is 17.8 Å². The van der Waals surface area contributed by atoms with Crippen molar-refractivity contribution >= 4 is 0 Å². The summed E-state index contributed by atoms with van der Waals surface area (Å²) in [4.78, 5) is 0. The summed E-state index contributed by atoms with van der Waals surface area (Å²) in [6.45, 7) is 12.4. The Morgan fingerprint density at radius 3 is 1.30 bits per heavy atom. The molecule has 1 unspecified atom stereocenters. The first-order valence-corrected chi connectivity index (χ1v) is 13.3. The molecule has 196 valence electrons. The van der Waals surface area contributed by atoms with Crippen LogP contribution in [0.15, 0.2) is 0 Å². The predicted octanol–water partition coefficient (Wildman–Crippen LogP) is 4.99. The quantitative estimate of drug-likeness (QED) is 0.275. The van der Waals surface area contributed by atoms with Crippen LogP contribution in [0.4, 0.5) is 0 Å². The van der Waals surface area contributed by atoms with Gasteiger partial charge >= 0.3 is 0 Å². The van der Waals surface area contributed by atoms with Gasteiger partial charge < -0.3 is 20.4 Å². The summed E-state index contributed by atoms with van der Waals surface area (Å²) in [7, 11) is 0. The minimum Gasteiger partial charge on any atom is -0.394 e. The fourth-order valence-electron chi connectivity index (χ4n) is 6.50. The summed E-state index contributed by atoms with van der Waals surface area (Å²) >= 11 is 0. The maximum absolute atomic E-state index is 11.3. The predicted molar refractivity (Wildman–Crippen MR) is 133 cm³/mol. The summed E-state index contributed by atoms with van der Waals surface area (Å²) in [5.74, 6) is 2.75. The van der Waals surface area contributed by atoms with Crippen LogP contribution in [0, 0.1) is 23.2 Å². The van der Waals surface area contributed by atoms with Gasteiger partial charge in [0.15, 0.2) is 0 Å². The van der Waals surface area contributed by atoms with Gasteiger partial charge in [0.25, 0.3) is 0 Å². The molecule has 5 aliphatic rings. The number of aliphatic hydroxyl groups is 4. The summed E-state index contributed by atoms with van der Waals surface area (Å²) in [6.07, 6.45) is 14.3. The zero-order valence-corrected chi connectivity index (χ0v) is 24.2. The van der Waals surface area contributed by atoms with E-state index in [0.29, 0.717) is 6.04 Å². The molecule has 4 bridgehead atoms. The summed E-state index contributed by atoms with van der Waals surface area (Å²) in [5.41, 5.74) is -0.440. The van der Waals surface area contributed by atoms with Gasteiger partial charge in [-0.25, -0.2) is 0 Å². The Hall–Kier alpha value is 0.514. The monoisotopic (exact) mass is 505 g/mol. The topological polar surface area (TPSA) is 93.0 Å². The molecule has 5 fully saturated rings. The second kappa shape index (κ2) is 15.6. The Bertz CT molecular complexity index is 447. The van der Waals surface area contributed by atoms with Gasteiger partial charge in [0.2, 0.25) is 0 Å². The van der Waals surface area contributed by atoms with Crippen molar-refractivity contribution in [2.75, 3.05) is 0 Å². The molecule has 0 amide bonds. The zero-order chi connectivity index (χ0) is 24.5. The van der Waals surface area contributed by atoms with E-state index >= 15 is 0 Å².